The predicted molar refractivity (Wildman–Crippen MR) is 72.7 cm³/mol. The maximum atomic E-state index is 5.25. The van der Waals surface area contributed by atoms with Gasteiger partial charge in [-0.1, -0.05) is 6.92 Å². The first kappa shape index (κ1) is 12.6. The topological polar surface area (TPSA) is 49.9 Å². The quantitative estimate of drug-likeness (QED) is 0.851. The molecular formula is C14H19N3O. The molecule has 0 radical (unpaired) electrons. The summed E-state index contributed by atoms with van der Waals surface area (Å²) in [5, 5.41) is 3.27. The Hall–Kier alpha value is -1.81. The highest BCUT2D eigenvalue weighted by Gasteiger charge is 2.05. The summed E-state index contributed by atoms with van der Waals surface area (Å²) in [4.78, 5) is 7.71. The summed E-state index contributed by atoms with van der Waals surface area (Å²) in [6.07, 6.45) is 1.87. The molecule has 0 aliphatic heterocycles. The number of rotatable bonds is 5. The third-order valence-electron chi connectivity index (χ3n) is 2.86. The third-order valence-corrected chi connectivity index (χ3v) is 2.86. The second-order valence-electron chi connectivity index (χ2n) is 4.22. The lowest BCUT2D eigenvalue weighted by Gasteiger charge is -2.05. The normalized spacial score (nSPS) is 10.6. The molecule has 2 N–H and O–H groups in total. The van der Waals surface area contributed by atoms with Crippen molar-refractivity contribution in [1.29, 1.82) is 0 Å². The molecule has 4 nitrogen and oxygen atoms in total. The molecule has 2 rings (SSSR count). The van der Waals surface area contributed by atoms with E-state index < -0.39 is 0 Å². The maximum Gasteiger partial charge on any atom is 0.137 e. The van der Waals surface area contributed by atoms with Crippen molar-refractivity contribution in [2.24, 2.45) is 0 Å². The van der Waals surface area contributed by atoms with Gasteiger partial charge in [-0.25, -0.2) is 4.98 Å². The number of imidazole rings is 1. The van der Waals surface area contributed by atoms with Crippen molar-refractivity contribution in [2.75, 3.05) is 13.7 Å². The number of nitrogens with zero attached hydrogens (tertiary/aromatic N) is 1. The third kappa shape index (κ3) is 2.71. The Bertz CT molecular complexity index is 520. The van der Waals surface area contributed by atoms with Crippen LogP contribution in [-0.4, -0.2) is 23.6 Å². The number of aromatic nitrogens is 2. The molecule has 0 bridgehead atoms. The summed E-state index contributed by atoms with van der Waals surface area (Å²) < 4.78 is 5.25. The smallest absolute Gasteiger partial charge is 0.137 e. The first-order valence-electron chi connectivity index (χ1n) is 6.14. The fraction of sp³-hybridized carbons (Fsp3) is 0.357. The zero-order chi connectivity index (χ0) is 13.0. The van der Waals surface area contributed by atoms with Crippen LogP contribution in [0.4, 0.5) is 0 Å². The molecule has 4 heteroatoms. The van der Waals surface area contributed by atoms with Gasteiger partial charge in [0.15, 0.2) is 0 Å². The predicted octanol–water partition coefficient (Wildman–Crippen LogP) is 2.50. The van der Waals surface area contributed by atoms with Crippen molar-refractivity contribution in [1.82, 2.24) is 15.3 Å². The van der Waals surface area contributed by atoms with E-state index in [0.29, 0.717) is 0 Å². The molecule has 96 valence electrons. The number of ether oxygens (including phenoxy) is 1. The minimum Gasteiger partial charge on any atom is -0.496 e. The van der Waals surface area contributed by atoms with Gasteiger partial charge < -0.3 is 15.0 Å². The van der Waals surface area contributed by atoms with Crippen LogP contribution in [-0.2, 0) is 6.54 Å². The van der Waals surface area contributed by atoms with Gasteiger partial charge in [0.25, 0.3) is 0 Å². The van der Waals surface area contributed by atoms with E-state index in [1.54, 1.807) is 7.11 Å². The Morgan fingerprint density at radius 2 is 2.22 bits per heavy atom. The number of hydrogen-bond acceptors (Lipinski definition) is 3. The maximum absolute atomic E-state index is 5.25. The van der Waals surface area contributed by atoms with Crippen LogP contribution in [0.5, 0.6) is 5.75 Å². The molecule has 2 aromatic rings. The highest BCUT2D eigenvalue weighted by atomic mass is 16.5. The van der Waals surface area contributed by atoms with Gasteiger partial charge in [0.2, 0.25) is 0 Å². The van der Waals surface area contributed by atoms with Crippen LogP contribution in [0.2, 0.25) is 0 Å². The summed E-state index contributed by atoms with van der Waals surface area (Å²) in [6, 6.07) is 6.06. The number of aryl methyl sites for hydroxylation is 1. The molecule has 18 heavy (non-hydrogen) atoms. The Morgan fingerprint density at radius 3 is 2.89 bits per heavy atom. The zero-order valence-electron chi connectivity index (χ0n) is 11.1. The number of methoxy groups -OCH3 is 1. The molecule has 0 spiro atoms. The average Bonchev–Trinajstić information content (AvgIpc) is 2.85. The van der Waals surface area contributed by atoms with Gasteiger partial charge in [0.1, 0.15) is 11.6 Å². The monoisotopic (exact) mass is 245 g/mol. The summed E-state index contributed by atoms with van der Waals surface area (Å²) in [7, 11) is 1.68. The van der Waals surface area contributed by atoms with Crippen molar-refractivity contribution >= 4 is 0 Å². The molecule has 1 aromatic heterocycles. The lowest BCUT2D eigenvalue weighted by atomic mass is 10.1. The summed E-state index contributed by atoms with van der Waals surface area (Å²) in [6.45, 7) is 5.89. The molecule has 0 unspecified atom stereocenters. The molecule has 0 atom stereocenters. The van der Waals surface area contributed by atoms with E-state index in [4.69, 9.17) is 4.74 Å². The molecule has 0 fully saturated rings. The van der Waals surface area contributed by atoms with E-state index in [1.807, 2.05) is 25.3 Å². The number of aromatic amines is 1. The largest absolute Gasteiger partial charge is 0.496 e. The van der Waals surface area contributed by atoms with Crippen LogP contribution < -0.4 is 10.1 Å². The minimum absolute atomic E-state index is 0.818. The van der Waals surface area contributed by atoms with Crippen molar-refractivity contribution in [3.05, 3.63) is 35.7 Å². The van der Waals surface area contributed by atoms with Gasteiger partial charge in [-0.15, -0.1) is 0 Å². The van der Waals surface area contributed by atoms with E-state index in [-0.39, 0.29) is 0 Å². The minimum atomic E-state index is 0.818. The summed E-state index contributed by atoms with van der Waals surface area (Å²) in [5.41, 5.74) is 3.29. The van der Waals surface area contributed by atoms with Crippen LogP contribution in [0.25, 0.3) is 11.4 Å². The highest BCUT2D eigenvalue weighted by molar-refractivity contribution is 5.58. The van der Waals surface area contributed by atoms with E-state index in [9.17, 15) is 0 Å². The Balaban J connectivity index is 2.20. The number of benzene rings is 1. The van der Waals surface area contributed by atoms with E-state index >= 15 is 0 Å². The van der Waals surface area contributed by atoms with Crippen LogP contribution in [0.3, 0.4) is 0 Å². The van der Waals surface area contributed by atoms with Crippen LogP contribution >= 0.6 is 0 Å². The molecule has 0 aliphatic carbocycles. The van der Waals surface area contributed by atoms with E-state index in [2.05, 4.69) is 28.3 Å². The molecule has 0 saturated heterocycles. The van der Waals surface area contributed by atoms with Gasteiger partial charge in [-0.05, 0) is 37.2 Å². The first-order chi connectivity index (χ1) is 8.74. The number of H-pyrrole nitrogens is 1. The Labute approximate surface area is 107 Å². The van der Waals surface area contributed by atoms with Crippen LogP contribution in [0.15, 0.2) is 24.4 Å². The van der Waals surface area contributed by atoms with Crippen molar-refractivity contribution in [3.8, 4) is 17.1 Å². The second kappa shape index (κ2) is 5.69. The van der Waals surface area contributed by atoms with Gasteiger partial charge >= 0.3 is 0 Å². The lowest BCUT2D eigenvalue weighted by Crippen LogP contribution is -2.11. The van der Waals surface area contributed by atoms with Crippen LogP contribution in [0, 0.1) is 6.92 Å². The van der Waals surface area contributed by atoms with Crippen molar-refractivity contribution in [2.45, 2.75) is 20.4 Å². The second-order valence-corrected chi connectivity index (χ2v) is 4.22. The molecule has 0 aliphatic rings. The van der Waals surface area contributed by atoms with Crippen LogP contribution in [0.1, 0.15) is 18.2 Å². The summed E-state index contributed by atoms with van der Waals surface area (Å²) in [5.74, 6) is 1.80. The fourth-order valence-electron chi connectivity index (χ4n) is 1.88. The average molecular weight is 245 g/mol. The fourth-order valence-corrected chi connectivity index (χ4v) is 1.88. The molecule has 0 amide bonds. The lowest BCUT2D eigenvalue weighted by molar-refractivity contribution is 0.412. The molecule has 1 aromatic carbocycles. The molecular weight excluding hydrogens is 226 g/mol. The van der Waals surface area contributed by atoms with Gasteiger partial charge in [0.05, 0.1) is 7.11 Å². The van der Waals surface area contributed by atoms with Gasteiger partial charge in [0, 0.05) is 24.0 Å². The van der Waals surface area contributed by atoms with Crippen molar-refractivity contribution in [3.63, 3.8) is 0 Å². The Morgan fingerprint density at radius 1 is 1.39 bits per heavy atom. The zero-order valence-corrected chi connectivity index (χ0v) is 11.1. The molecule has 1 heterocycles. The van der Waals surface area contributed by atoms with E-state index in [0.717, 1.165) is 41.5 Å². The Kier molecular flexibility index (Phi) is 3.99. The highest BCUT2D eigenvalue weighted by Crippen LogP contribution is 2.24. The standard InChI is InChI=1S/C14H19N3O/c1-4-15-8-12-9-16-14(17-12)11-5-6-13(18-3)10(2)7-11/h5-7,9,15H,4,8H2,1-3H3,(H,16,17). The van der Waals surface area contributed by atoms with Gasteiger partial charge in [-0.3, -0.25) is 0 Å². The van der Waals surface area contributed by atoms with Crippen molar-refractivity contribution < 1.29 is 4.74 Å². The molecule has 0 saturated carbocycles. The SMILES string of the molecule is CCNCc1cnc(-c2ccc(OC)c(C)c2)[nH]1. The number of hydrogen-bond donors (Lipinski definition) is 2. The summed E-state index contributed by atoms with van der Waals surface area (Å²) >= 11 is 0. The first-order valence-corrected chi connectivity index (χ1v) is 6.14. The van der Waals surface area contributed by atoms with Gasteiger partial charge in [-0.2, -0.15) is 0 Å². The number of nitrogens with one attached hydrogen (secondary N) is 2. The van der Waals surface area contributed by atoms with E-state index in [1.165, 1.54) is 0 Å².